The van der Waals surface area contributed by atoms with Crippen molar-refractivity contribution in [2.75, 3.05) is 26.3 Å². The Morgan fingerprint density at radius 3 is 0.739 bits per heavy atom. The Morgan fingerprint density at radius 1 is 0.319 bits per heavy atom. The van der Waals surface area contributed by atoms with E-state index >= 15 is 0 Å². The summed E-state index contributed by atoms with van der Waals surface area (Å²) in [7, 11) is -62.3. The van der Waals surface area contributed by atoms with Gasteiger partial charge >= 0.3 is 104 Å². The average molecular weight is 1230 g/mol. The van der Waals surface area contributed by atoms with Gasteiger partial charge in [0.25, 0.3) is 11.8 Å². The van der Waals surface area contributed by atoms with Crippen LogP contribution in [0.15, 0.2) is 0 Å². The molecule has 44 nitrogen and oxygen atoms in total. The van der Waals surface area contributed by atoms with Crippen molar-refractivity contribution in [3.05, 3.63) is 0 Å². The number of carbonyl (C=O) groups excluding carboxylic acids is 2. The summed E-state index contributed by atoms with van der Waals surface area (Å²) in [5.74, 6) is -4.76. The van der Waals surface area contributed by atoms with Crippen LogP contribution in [-0.2, 0) is 155 Å². The quantitative estimate of drug-likeness (QED) is 0.0210. The fourth-order valence-electron chi connectivity index (χ4n) is 4.22. The van der Waals surface area contributed by atoms with Gasteiger partial charge in [0.1, 0.15) is 36.6 Å². The zero-order valence-corrected chi connectivity index (χ0v) is 39.9. The predicted octanol–water partition coefficient (Wildman–Crippen LogP) is -9.25. The van der Waals surface area contributed by atoms with Crippen LogP contribution >= 0.6 is 0 Å². The van der Waals surface area contributed by atoms with Crippen LogP contribution < -0.4 is 10.6 Å². The molecule has 0 spiro atoms. The van der Waals surface area contributed by atoms with Crippen LogP contribution in [-0.4, -0.2) is 217 Å². The van der Waals surface area contributed by atoms with Gasteiger partial charge in [-0.15, -0.1) is 0 Å². The Balaban J connectivity index is 7.37. The topological polar surface area (TPSA) is 694 Å². The summed E-state index contributed by atoms with van der Waals surface area (Å²) in [6.07, 6.45) is -30.6. The molecular weight excluding hydrogens is 1200 g/mol. The van der Waals surface area contributed by atoms with Crippen LogP contribution in [0.1, 0.15) is 6.42 Å². The molecule has 0 unspecified atom stereocenters. The molecule has 0 aromatic carbocycles. The molecule has 0 radical (unpaired) electrons. The molecule has 0 rings (SSSR count). The zero-order chi connectivity index (χ0) is 54.8. The van der Waals surface area contributed by atoms with Crippen molar-refractivity contribution in [3.63, 3.8) is 0 Å². The van der Waals surface area contributed by atoms with Gasteiger partial charge in [-0.05, 0) is 6.42 Å². The third-order valence-electron chi connectivity index (χ3n) is 6.08. The van der Waals surface area contributed by atoms with E-state index in [0.29, 0.717) is 0 Å². The van der Waals surface area contributed by atoms with Gasteiger partial charge < -0.3 is 10.6 Å². The molecule has 12 N–H and O–H groups in total. The SMILES string of the molecule is O=C(NCCCNC(=O)[C@H](OS(=O)(=O)O)[C@H](OS(=O)(=O)O)[C@@H](OS(=O)(=O)O)[C@H](COS(=O)(=O)O)OS(=O)(=O)O)[C@H](OS(=O)(=O)O)[C@H](OS(=O)(=O)O)[C@@H](OS(=O)(=O)O)[C@H](COS(=O)(=O)O)OS(=O)(=O)O. The molecule has 0 aromatic rings. The Hall–Kier alpha value is -2.36. The molecular formula is C15H30N2O42S10. The lowest BCUT2D eigenvalue weighted by atomic mass is 10.0. The predicted molar refractivity (Wildman–Crippen MR) is 197 cm³/mol. The van der Waals surface area contributed by atoms with Crippen LogP contribution in [0.2, 0.25) is 0 Å². The highest BCUT2D eigenvalue weighted by Gasteiger charge is 2.51. The van der Waals surface area contributed by atoms with Gasteiger partial charge in [-0.2, -0.15) is 84.2 Å². The average Bonchev–Trinajstić information content (AvgIpc) is 3.05. The summed E-state index contributed by atoms with van der Waals surface area (Å²) in [6.45, 7) is -7.14. The maximum Gasteiger partial charge on any atom is 0.398 e. The lowest BCUT2D eigenvalue weighted by Gasteiger charge is -2.32. The summed E-state index contributed by atoms with van der Waals surface area (Å²) in [4.78, 5) is 26.3. The van der Waals surface area contributed by atoms with Crippen LogP contribution in [0.3, 0.4) is 0 Å². The van der Waals surface area contributed by atoms with Gasteiger partial charge in [0.15, 0.2) is 12.2 Å². The normalized spacial score (nSPS) is 17.7. The Kier molecular flexibility index (Phi) is 24.2. The smallest absolute Gasteiger partial charge is 0.354 e. The molecule has 0 saturated heterocycles. The summed E-state index contributed by atoms with van der Waals surface area (Å²) in [6, 6.07) is 0. The number of rotatable bonds is 34. The highest BCUT2D eigenvalue weighted by atomic mass is 32.3. The standard InChI is InChI=1S/C15H30N2O42S10/c18-14(12(58-68(44,45)46)10(56-66(38,39)40)8(54-64(32,33)34)6(52-62(26,27)28)4-50-60(20,21)22)16-2-1-3-17-15(19)13(59-69(47,48)49)11(57-67(41,42)43)9(55-65(35,36)37)7(53-63(29,30)31)5-51-61(23,24)25/h6-13H,1-5H2,(H,16,18)(H,17,19)(H,20,21,22)(H,23,24,25)(H,26,27,28)(H,29,30,31)(H,32,33,34)(H,35,36,37)(H,38,39,40)(H,41,42,43)(H,44,45,46)(H,47,48,49)/t6-,7-,8-,9-,10+,11+,12+,13+/m0/s1. The minimum Gasteiger partial charge on any atom is -0.354 e. The monoisotopic (exact) mass is 1230 g/mol. The maximum absolute atomic E-state index is 13.2. The molecule has 0 aliphatic carbocycles. The second kappa shape index (κ2) is 25.0. The van der Waals surface area contributed by atoms with Gasteiger partial charge in [0.2, 0.25) is 0 Å². The molecule has 54 heteroatoms. The molecule has 2 amide bonds. The molecule has 8 atom stereocenters. The van der Waals surface area contributed by atoms with Gasteiger partial charge in [-0.3, -0.25) is 55.1 Å². The Bertz CT molecular complexity index is 2740. The Labute approximate surface area is 387 Å². The highest BCUT2D eigenvalue weighted by Crippen LogP contribution is 2.26. The van der Waals surface area contributed by atoms with Crippen LogP contribution in [0.5, 0.6) is 0 Å². The number of amides is 2. The Morgan fingerprint density at radius 2 is 0.536 bits per heavy atom. The first-order valence-electron chi connectivity index (χ1n) is 15.3. The summed E-state index contributed by atoms with van der Waals surface area (Å²) < 4.78 is 360. The molecule has 0 aliphatic heterocycles. The van der Waals surface area contributed by atoms with E-state index in [1.807, 2.05) is 0 Å². The molecule has 412 valence electrons. The van der Waals surface area contributed by atoms with E-state index in [2.05, 4.69) is 41.8 Å². The molecule has 0 aromatic heterocycles. The van der Waals surface area contributed by atoms with Crippen molar-refractivity contribution in [3.8, 4) is 0 Å². The van der Waals surface area contributed by atoms with Crippen molar-refractivity contribution in [2.45, 2.75) is 55.3 Å². The molecule has 0 heterocycles. The van der Waals surface area contributed by atoms with E-state index < -0.39 is 197 Å². The minimum absolute atomic E-state index is 1.06. The molecule has 0 bridgehead atoms. The van der Waals surface area contributed by atoms with Gasteiger partial charge in [-0.25, -0.2) is 41.8 Å². The van der Waals surface area contributed by atoms with Crippen molar-refractivity contribution in [1.82, 2.24) is 10.6 Å². The molecule has 0 saturated carbocycles. The van der Waals surface area contributed by atoms with Crippen molar-refractivity contribution < 1.29 is 181 Å². The zero-order valence-electron chi connectivity index (χ0n) is 31.8. The number of nitrogens with one attached hydrogen (secondary N) is 2. The van der Waals surface area contributed by atoms with Crippen molar-refractivity contribution in [1.29, 1.82) is 0 Å². The van der Waals surface area contributed by atoms with E-state index in [0.717, 1.165) is 0 Å². The first-order chi connectivity index (χ1) is 30.3. The van der Waals surface area contributed by atoms with Crippen LogP contribution in [0, 0.1) is 0 Å². The van der Waals surface area contributed by atoms with Crippen LogP contribution in [0.4, 0.5) is 0 Å². The van der Waals surface area contributed by atoms with Gasteiger partial charge in [0.05, 0.1) is 13.2 Å². The molecule has 0 fully saturated rings. The van der Waals surface area contributed by atoms with Gasteiger partial charge in [0, 0.05) is 13.1 Å². The number of carbonyl (C=O) groups is 2. The molecule has 0 aliphatic rings. The minimum atomic E-state index is -6.40. The lowest BCUT2D eigenvalue weighted by Crippen LogP contribution is -2.57. The van der Waals surface area contributed by atoms with E-state index in [1.54, 1.807) is 0 Å². The van der Waals surface area contributed by atoms with E-state index in [9.17, 15) is 121 Å². The van der Waals surface area contributed by atoms with E-state index in [1.165, 1.54) is 10.6 Å². The van der Waals surface area contributed by atoms with E-state index in [4.69, 9.17) is 18.2 Å². The maximum atomic E-state index is 13.2. The van der Waals surface area contributed by atoms with Gasteiger partial charge in [-0.1, -0.05) is 0 Å². The highest BCUT2D eigenvalue weighted by molar-refractivity contribution is 7.83. The fourth-order valence-corrected chi connectivity index (χ4v) is 8.71. The first kappa shape index (κ1) is 66.6. The largest absolute Gasteiger partial charge is 0.398 e. The first-order valence-corrected chi connectivity index (χ1v) is 28.9. The summed E-state index contributed by atoms with van der Waals surface area (Å²) >= 11 is 0. The fraction of sp³-hybridized carbons (Fsp3) is 0.867. The van der Waals surface area contributed by atoms with Crippen molar-refractivity contribution in [2.24, 2.45) is 0 Å². The van der Waals surface area contributed by atoms with Crippen LogP contribution in [0.25, 0.3) is 0 Å². The third-order valence-corrected chi connectivity index (χ3v) is 10.7. The lowest BCUT2D eigenvalue weighted by molar-refractivity contribution is -0.139. The summed E-state index contributed by atoms with van der Waals surface area (Å²) in [5.41, 5.74) is 0. The van der Waals surface area contributed by atoms with E-state index in [-0.39, 0.29) is 0 Å². The second-order valence-corrected chi connectivity index (χ2v) is 21.9. The second-order valence-electron chi connectivity index (χ2n) is 11.3. The molecule has 69 heavy (non-hydrogen) atoms. The third kappa shape index (κ3) is 33.1. The number of hydrogen-bond acceptors (Lipinski definition) is 32. The summed E-state index contributed by atoms with van der Waals surface area (Å²) in [5, 5.41) is 2.89. The van der Waals surface area contributed by atoms with Crippen molar-refractivity contribution >= 4 is 116 Å². The number of hydrogen-bond donors (Lipinski definition) is 12.